The van der Waals surface area contributed by atoms with Crippen molar-refractivity contribution in [2.45, 2.75) is 53.1 Å². The van der Waals surface area contributed by atoms with Crippen molar-refractivity contribution in [1.82, 2.24) is 9.78 Å². The van der Waals surface area contributed by atoms with Gasteiger partial charge in [-0.2, -0.15) is 5.10 Å². The molecule has 1 heterocycles. The molecule has 0 radical (unpaired) electrons. The molecule has 108 valence electrons. The van der Waals surface area contributed by atoms with Gasteiger partial charge in [0.05, 0.1) is 5.69 Å². The van der Waals surface area contributed by atoms with Gasteiger partial charge in [-0.3, -0.25) is 4.68 Å². The molecule has 2 N–H and O–H groups in total. The first-order chi connectivity index (χ1) is 9.33. The van der Waals surface area contributed by atoms with Crippen molar-refractivity contribution in [3.8, 4) is 0 Å². The standard InChI is InChI=1S/C17H25N3/c1-6-20-15(10-14(4)19-20)11-17(5,18)16-9-12(2)7-8-13(16)3/h7-10H,6,11,18H2,1-5H3. The van der Waals surface area contributed by atoms with Crippen LogP contribution in [0.4, 0.5) is 0 Å². The molecule has 1 unspecified atom stereocenters. The van der Waals surface area contributed by atoms with E-state index in [0.29, 0.717) is 0 Å². The van der Waals surface area contributed by atoms with Crippen LogP contribution in [-0.4, -0.2) is 9.78 Å². The van der Waals surface area contributed by atoms with Gasteiger partial charge in [-0.05, 0) is 51.8 Å². The van der Waals surface area contributed by atoms with Crippen LogP contribution < -0.4 is 5.73 Å². The summed E-state index contributed by atoms with van der Waals surface area (Å²) in [6.07, 6.45) is 0.798. The normalized spacial score (nSPS) is 14.3. The predicted octanol–water partition coefficient (Wildman–Crippen LogP) is 3.24. The van der Waals surface area contributed by atoms with Gasteiger partial charge >= 0.3 is 0 Å². The largest absolute Gasteiger partial charge is 0.321 e. The molecular weight excluding hydrogens is 246 g/mol. The highest BCUT2D eigenvalue weighted by molar-refractivity contribution is 5.36. The molecule has 3 heteroatoms. The first kappa shape index (κ1) is 14.8. The topological polar surface area (TPSA) is 43.8 Å². The summed E-state index contributed by atoms with van der Waals surface area (Å²) in [5, 5.41) is 4.51. The van der Waals surface area contributed by atoms with Crippen molar-refractivity contribution in [2.24, 2.45) is 5.73 Å². The number of hydrogen-bond donors (Lipinski definition) is 1. The first-order valence-electron chi connectivity index (χ1n) is 7.23. The Hall–Kier alpha value is -1.61. The molecule has 3 nitrogen and oxygen atoms in total. The average Bonchev–Trinajstić information content (AvgIpc) is 2.71. The maximum atomic E-state index is 6.63. The number of nitrogens with zero attached hydrogens (tertiary/aromatic N) is 2. The van der Waals surface area contributed by atoms with Crippen LogP contribution in [0.5, 0.6) is 0 Å². The van der Waals surface area contributed by atoms with Crippen molar-refractivity contribution in [3.05, 3.63) is 52.3 Å². The summed E-state index contributed by atoms with van der Waals surface area (Å²) in [7, 11) is 0. The van der Waals surface area contributed by atoms with Crippen LogP contribution in [-0.2, 0) is 18.5 Å². The van der Waals surface area contributed by atoms with Crippen molar-refractivity contribution >= 4 is 0 Å². The monoisotopic (exact) mass is 271 g/mol. The van der Waals surface area contributed by atoms with Crippen molar-refractivity contribution in [1.29, 1.82) is 0 Å². The number of hydrogen-bond acceptors (Lipinski definition) is 2. The van der Waals surface area contributed by atoms with E-state index in [4.69, 9.17) is 5.73 Å². The molecule has 0 spiro atoms. The number of benzene rings is 1. The van der Waals surface area contributed by atoms with Crippen molar-refractivity contribution < 1.29 is 0 Å². The van der Waals surface area contributed by atoms with E-state index in [9.17, 15) is 0 Å². The van der Waals surface area contributed by atoms with Gasteiger partial charge in [-0.15, -0.1) is 0 Å². The molecular formula is C17H25N3. The lowest BCUT2D eigenvalue weighted by molar-refractivity contribution is 0.461. The minimum atomic E-state index is -0.379. The third kappa shape index (κ3) is 2.93. The Balaban J connectivity index is 2.37. The fourth-order valence-electron chi connectivity index (χ4n) is 2.84. The summed E-state index contributed by atoms with van der Waals surface area (Å²) in [6.45, 7) is 11.4. The lowest BCUT2D eigenvalue weighted by atomic mass is 9.84. The van der Waals surface area contributed by atoms with E-state index in [1.807, 2.05) is 11.6 Å². The maximum Gasteiger partial charge on any atom is 0.0596 e. The van der Waals surface area contributed by atoms with E-state index in [1.165, 1.54) is 22.4 Å². The van der Waals surface area contributed by atoms with Gasteiger partial charge in [0.1, 0.15) is 0 Å². The molecule has 0 amide bonds. The highest BCUT2D eigenvalue weighted by atomic mass is 15.3. The molecule has 0 bridgehead atoms. The Morgan fingerprint density at radius 1 is 1.20 bits per heavy atom. The third-order valence-corrected chi connectivity index (χ3v) is 3.84. The summed E-state index contributed by atoms with van der Waals surface area (Å²) in [5.41, 5.74) is 12.2. The molecule has 1 atom stereocenters. The Kier molecular flexibility index (Phi) is 4.00. The highest BCUT2D eigenvalue weighted by Gasteiger charge is 2.25. The SMILES string of the molecule is CCn1nc(C)cc1CC(C)(N)c1cc(C)ccc1C. The Labute approximate surface area is 121 Å². The highest BCUT2D eigenvalue weighted by Crippen LogP contribution is 2.27. The molecule has 0 saturated heterocycles. The average molecular weight is 271 g/mol. The summed E-state index contributed by atoms with van der Waals surface area (Å²) in [5.74, 6) is 0. The van der Waals surface area contributed by atoms with Gasteiger partial charge in [0.2, 0.25) is 0 Å². The van der Waals surface area contributed by atoms with Crippen LogP contribution in [0.2, 0.25) is 0 Å². The number of aryl methyl sites for hydroxylation is 4. The van der Waals surface area contributed by atoms with Crippen molar-refractivity contribution in [2.75, 3.05) is 0 Å². The van der Waals surface area contributed by atoms with E-state index in [1.54, 1.807) is 0 Å². The van der Waals surface area contributed by atoms with Gasteiger partial charge in [0, 0.05) is 24.2 Å². The molecule has 2 aromatic rings. The summed E-state index contributed by atoms with van der Waals surface area (Å²) < 4.78 is 2.05. The lowest BCUT2D eigenvalue weighted by Gasteiger charge is -2.27. The maximum absolute atomic E-state index is 6.63. The molecule has 0 fully saturated rings. The van der Waals surface area contributed by atoms with Gasteiger partial charge in [0.25, 0.3) is 0 Å². The molecule has 0 aliphatic rings. The summed E-state index contributed by atoms with van der Waals surface area (Å²) >= 11 is 0. The van der Waals surface area contributed by atoms with Gasteiger partial charge in [-0.25, -0.2) is 0 Å². The van der Waals surface area contributed by atoms with Crippen LogP contribution in [0, 0.1) is 20.8 Å². The summed E-state index contributed by atoms with van der Waals surface area (Å²) in [4.78, 5) is 0. The second-order valence-corrected chi connectivity index (χ2v) is 6.01. The molecule has 0 aliphatic carbocycles. The van der Waals surface area contributed by atoms with Crippen LogP contribution >= 0.6 is 0 Å². The Bertz CT molecular complexity index is 609. The predicted molar refractivity (Wildman–Crippen MR) is 83.8 cm³/mol. The van der Waals surface area contributed by atoms with Gasteiger partial charge in [-0.1, -0.05) is 23.8 Å². The molecule has 2 rings (SSSR count). The molecule has 0 aliphatic heterocycles. The zero-order chi connectivity index (χ0) is 14.9. The van der Waals surface area contributed by atoms with Crippen molar-refractivity contribution in [3.63, 3.8) is 0 Å². The van der Waals surface area contributed by atoms with Gasteiger partial charge < -0.3 is 5.73 Å². The number of aromatic nitrogens is 2. The molecule has 1 aromatic heterocycles. The van der Waals surface area contributed by atoms with Gasteiger partial charge in [0.15, 0.2) is 0 Å². The quantitative estimate of drug-likeness (QED) is 0.927. The first-order valence-corrected chi connectivity index (χ1v) is 7.23. The zero-order valence-corrected chi connectivity index (χ0v) is 13.2. The smallest absolute Gasteiger partial charge is 0.0596 e. The Morgan fingerprint density at radius 2 is 1.90 bits per heavy atom. The van der Waals surface area contributed by atoms with Crippen LogP contribution in [0.1, 0.15) is 41.9 Å². The molecule has 1 aromatic carbocycles. The van der Waals surface area contributed by atoms with E-state index < -0.39 is 0 Å². The minimum absolute atomic E-state index is 0.379. The van der Waals surface area contributed by atoms with Crippen LogP contribution in [0.25, 0.3) is 0 Å². The van der Waals surface area contributed by atoms with Crippen LogP contribution in [0.3, 0.4) is 0 Å². The Morgan fingerprint density at radius 3 is 2.55 bits per heavy atom. The van der Waals surface area contributed by atoms with E-state index in [-0.39, 0.29) is 5.54 Å². The fraction of sp³-hybridized carbons (Fsp3) is 0.471. The third-order valence-electron chi connectivity index (χ3n) is 3.84. The lowest BCUT2D eigenvalue weighted by Crippen LogP contribution is -2.37. The zero-order valence-electron chi connectivity index (χ0n) is 13.2. The minimum Gasteiger partial charge on any atom is -0.321 e. The number of nitrogens with two attached hydrogens (primary N) is 1. The second kappa shape index (κ2) is 5.41. The fourth-order valence-corrected chi connectivity index (χ4v) is 2.84. The number of rotatable bonds is 4. The molecule has 0 saturated carbocycles. The summed E-state index contributed by atoms with van der Waals surface area (Å²) in [6, 6.07) is 8.63. The van der Waals surface area contributed by atoms with Crippen LogP contribution in [0.15, 0.2) is 24.3 Å². The van der Waals surface area contributed by atoms with E-state index in [0.717, 1.165) is 18.7 Å². The van der Waals surface area contributed by atoms with E-state index in [2.05, 4.69) is 57.1 Å². The second-order valence-electron chi connectivity index (χ2n) is 6.01. The van der Waals surface area contributed by atoms with E-state index >= 15 is 0 Å². The molecule has 20 heavy (non-hydrogen) atoms.